The van der Waals surface area contributed by atoms with Crippen molar-refractivity contribution in [2.24, 2.45) is 0 Å². The Morgan fingerprint density at radius 1 is 1.07 bits per heavy atom. The Balaban J connectivity index is 1.69. The van der Waals surface area contributed by atoms with Gasteiger partial charge in [-0.2, -0.15) is 0 Å². The lowest BCUT2D eigenvalue weighted by Crippen LogP contribution is -2.40. The third-order valence-corrected chi connectivity index (χ3v) is 4.41. The number of hydrogen-bond acceptors (Lipinski definition) is 5. The van der Waals surface area contributed by atoms with E-state index in [0.717, 1.165) is 6.07 Å². The molecule has 0 aliphatic carbocycles. The normalized spacial score (nSPS) is 13.9. The van der Waals surface area contributed by atoms with E-state index in [1.807, 2.05) is 0 Å². The van der Waals surface area contributed by atoms with Crippen LogP contribution in [0.5, 0.6) is 0 Å². The zero-order chi connectivity index (χ0) is 19.4. The van der Waals surface area contributed by atoms with Crippen molar-refractivity contribution < 1.29 is 19.2 Å². The number of carbonyl (C=O) groups is 2. The maximum atomic E-state index is 12.4. The first-order chi connectivity index (χ1) is 13.0. The van der Waals surface area contributed by atoms with Crippen LogP contribution in [0.2, 0.25) is 5.02 Å². The average molecular weight is 390 g/mol. The van der Waals surface area contributed by atoms with Gasteiger partial charge in [-0.05, 0) is 36.4 Å². The fraction of sp³-hybridized carbons (Fsp3) is 0.222. The number of amides is 2. The van der Waals surface area contributed by atoms with Gasteiger partial charge in [-0.15, -0.1) is 0 Å². The Bertz CT molecular complexity index is 879. The topological polar surface area (TPSA) is 102 Å². The van der Waals surface area contributed by atoms with Gasteiger partial charge in [-0.1, -0.05) is 11.6 Å². The van der Waals surface area contributed by atoms with Crippen molar-refractivity contribution in [3.63, 3.8) is 0 Å². The molecule has 2 aromatic rings. The minimum atomic E-state index is -0.648. The van der Waals surface area contributed by atoms with E-state index in [1.54, 1.807) is 29.2 Å². The van der Waals surface area contributed by atoms with E-state index in [2.05, 4.69) is 5.32 Å². The van der Waals surface area contributed by atoms with Crippen molar-refractivity contribution in [3.05, 3.63) is 68.7 Å². The number of halogens is 1. The number of morpholine rings is 1. The number of nitrogens with zero attached hydrogens (tertiary/aromatic N) is 2. The Labute approximate surface area is 159 Å². The molecule has 1 N–H and O–H groups in total. The van der Waals surface area contributed by atoms with E-state index < -0.39 is 10.8 Å². The highest BCUT2D eigenvalue weighted by molar-refractivity contribution is 6.32. The molecule has 1 heterocycles. The fourth-order valence-electron chi connectivity index (χ4n) is 2.64. The fourth-order valence-corrected chi connectivity index (χ4v) is 2.83. The van der Waals surface area contributed by atoms with E-state index >= 15 is 0 Å². The van der Waals surface area contributed by atoms with Crippen LogP contribution in [0.3, 0.4) is 0 Å². The number of carbonyl (C=O) groups excluding carboxylic acids is 2. The van der Waals surface area contributed by atoms with Crippen molar-refractivity contribution in [3.8, 4) is 0 Å². The largest absolute Gasteiger partial charge is 0.378 e. The van der Waals surface area contributed by atoms with Crippen LogP contribution in [0.1, 0.15) is 20.7 Å². The van der Waals surface area contributed by atoms with E-state index in [0.29, 0.717) is 37.6 Å². The van der Waals surface area contributed by atoms with E-state index in [1.165, 1.54) is 12.1 Å². The number of rotatable bonds is 4. The van der Waals surface area contributed by atoms with Gasteiger partial charge < -0.3 is 15.0 Å². The second-order valence-corrected chi connectivity index (χ2v) is 6.27. The predicted octanol–water partition coefficient (Wildman–Crippen LogP) is 2.97. The molecule has 2 amide bonds. The summed E-state index contributed by atoms with van der Waals surface area (Å²) in [6, 6.07) is 10.3. The third kappa shape index (κ3) is 4.42. The van der Waals surface area contributed by atoms with Crippen LogP contribution in [0, 0.1) is 10.1 Å². The molecule has 8 nitrogen and oxygen atoms in total. The lowest BCUT2D eigenvalue weighted by molar-refractivity contribution is -0.384. The summed E-state index contributed by atoms with van der Waals surface area (Å²) in [5, 5.41) is 13.5. The van der Waals surface area contributed by atoms with Gasteiger partial charge in [0.05, 0.1) is 18.1 Å². The first-order valence-electron chi connectivity index (χ1n) is 8.18. The Kier molecular flexibility index (Phi) is 5.68. The van der Waals surface area contributed by atoms with Gasteiger partial charge in [0, 0.05) is 36.0 Å². The number of ether oxygens (including phenoxy) is 1. The van der Waals surface area contributed by atoms with Crippen molar-refractivity contribution in [2.45, 2.75) is 0 Å². The van der Waals surface area contributed by atoms with Crippen molar-refractivity contribution in [1.29, 1.82) is 0 Å². The highest BCUT2D eigenvalue weighted by Crippen LogP contribution is 2.25. The second-order valence-electron chi connectivity index (χ2n) is 5.86. The molecule has 1 fully saturated rings. The molecule has 9 heteroatoms. The summed E-state index contributed by atoms with van der Waals surface area (Å²) in [6.45, 7) is 2.14. The van der Waals surface area contributed by atoms with Crippen LogP contribution in [0.25, 0.3) is 0 Å². The number of nitro groups is 1. The number of benzene rings is 2. The minimum Gasteiger partial charge on any atom is -0.378 e. The van der Waals surface area contributed by atoms with Gasteiger partial charge in [-0.25, -0.2) is 0 Å². The first-order valence-corrected chi connectivity index (χ1v) is 8.56. The summed E-state index contributed by atoms with van der Waals surface area (Å²) < 4.78 is 5.23. The van der Waals surface area contributed by atoms with E-state index in [9.17, 15) is 19.7 Å². The molecule has 27 heavy (non-hydrogen) atoms. The molecule has 0 unspecified atom stereocenters. The monoisotopic (exact) mass is 389 g/mol. The number of hydrogen-bond donors (Lipinski definition) is 1. The molecule has 1 saturated heterocycles. The van der Waals surface area contributed by atoms with Crippen LogP contribution in [0.15, 0.2) is 42.5 Å². The molecule has 2 aromatic carbocycles. The van der Waals surface area contributed by atoms with Gasteiger partial charge in [-0.3, -0.25) is 19.7 Å². The quantitative estimate of drug-likeness (QED) is 0.639. The summed E-state index contributed by atoms with van der Waals surface area (Å²) in [4.78, 5) is 36.7. The summed E-state index contributed by atoms with van der Waals surface area (Å²) in [5.74, 6) is -0.605. The van der Waals surface area contributed by atoms with Crippen molar-refractivity contribution in [2.75, 3.05) is 31.6 Å². The standard InChI is InChI=1S/C18H16ClN3O5/c19-15-6-3-13(11-16(15)22(25)26)17(23)20-14-4-1-12(2-5-14)18(24)21-7-9-27-10-8-21/h1-6,11H,7-10H2,(H,20,23). The van der Waals surface area contributed by atoms with Crippen LogP contribution < -0.4 is 5.32 Å². The molecule has 0 spiro atoms. The summed E-state index contributed by atoms with van der Waals surface area (Å²) >= 11 is 5.75. The van der Waals surface area contributed by atoms with Crippen LogP contribution in [-0.2, 0) is 4.74 Å². The van der Waals surface area contributed by atoms with E-state index in [4.69, 9.17) is 16.3 Å². The minimum absolute atomic E-state index is 0.0393. The summed E-state index contributed by atoms with van der Waals surface area (Å²) in [6.07, 6.45) is 0. The highest BCUT2D eigenvalue weighted by Gasteiger charge is 2.19. The number of nitro benzene ring substituents is 1. The Hall–Kier alpha value is -2.97. The highest BCUT2D eigenvalue weighted by atomic mass is 35.5. The Morgan fingerprint density at radius 2 is 1.70 bits per heavy atom. The van der Waals surface area contributed by atoms with Crippen LogP contribution in [-0.4, -0.2) is 47.9 Å². The smallest absolute Gasteiger partial charge is 0.288 e. The molecular formula is C18H16ClN3O5. The van der Waals surface area contributed by atoms with Crippen molar-refractivity contribution >= 4 is 34.8 Å². The SMILES string of the molecule is O=C(Nc1ccc(C(=O)N2CCOCC2)cc1)c1ccc(Cl)c([N+](=O)[O-])c1. The Morgan fingerprint density at radius 3 is 2.33 bits per heavy atom. The molecule has 0 bridgehead atoms. The van der Waals surface area contributed by atoms with Gasteiger partial charge >= 0.3 is 0 Å². The molecule has 1 aliphatic heterocycles. The second kappa shape index (κ2) is 8.15. The number of anilines is 1. The van der Waals surface area contributed by atoms with Crippen molar-refractivity contribution in [1.82, 2.24) is 4.90 Å². The predicted molar refractivity (Wildman–Crippen MR) is 99.2 cm³/mol. The van der Waals surface area contributed by atoms with E-state index in [-0.39, 0.29) is 22.2 Å². The summed E-state index contributed by atoms with van der Waals surface area (Å²) in [5.41, 5.74) is 0.753. The average Bonchev–Trinajstić information content (AvgIpc) is 2.68. The zero-order valence-electron chi connectivity index (χ0n) is 14.2. The lowest BCUT2D eigenvalue weighted by Gasteiger charge is -2.26. The molecule has 140 valence electrons. The van der Waals surface area contributed by atoms with Gasteiger partial charge in [0.25, 0.3) is 17.5 Å². The molecule has 1 aliphatic rings. The van der Waals surface area contributed by atoms with Gasteiger partial charge in [0.2, 0.25) is 0 Å². The van der Waals surface area contributed by atoms with Crippen LogP contribution in [0.4, 0.5) is 11.4 Å². The molecule has 0 atom stereocenters. The number of nitrogens with one attached hydrogen (secondary N) is 1. The maximum Gasteiger partial charge on any atom is 0.288 e. The first kappa shape index (κ1) is 18.8. The maximum absolute atomic E-state index is 12.4. The molecular weight excluding hydrogens is 374 g/mol. The zero-order valence-corrected chi connectivity index (χ0v) is 14.9. The molecule has 0 aromatic heterocycles. The van der Waals surface area contributed by atoms with Crippen LogP contribution >= 0.6 is 11.6 Å². The molecule has 0 saturated carbocycles. The third-order valence-electron chi connectivity index (χ3n) is 4.09. The van der Waals surface area contributed by atoms with Gasteiger partial charge in [0.1, 0.15) is 5.02 Å². The van der Waals surface area contributed by atoms with Gasteiger partial charge in [0.15, 0.2) is 0 Å². The molecule has 0 radical (unpaired) electrons. The lowest BCUT2D eigenvalue weighted by atomic mass is 10.1. The summed E-state index contributed by atoms with van der Waals surface area (Å²) in [7, 11) is 0. The molecule has 3 rings (SSSR count).